The van der Waals surface area contributed by atoms with Crippen molar-refractivity contribution < 1.29 is 4.74 Å². The Hall–Kier alpha value is -1.41. The van der Waals surface area contributed by atoms with E-state index in [-0.39, 0.29) is 6.10 Å². The Labute approximate surface area is 109 Å². The highest BCUT2D eigenvalue weighted by molar-refractivity contribution is 5.83. The van der Waals surface area contributed by atoms with Gasteiger partial charge in [-0.05, 0) is 37.0 Å². The largest absolute Gasteiger partial charge is 0.374 e. The Morgan fingerprint density at radius 1 is 1.17 bits per heavy atom. The van der Waals surface area contributed by atoms with Gasteiger partial charge in [0.1, 0.15) is 0 Å². The van der Waals surface area contributed by atoms with Gasteiger partial charge >= 0.3 is 0 Å². The summed E-state index contributed by atoms with van der Waals surface area (Å²) in [5.74, 6) is 0.458. The van der Waals surface area contributed by atoms with Crippen LogP contribution in [0.5, 0.6) is 0 Å². The molecule has 0 aliphatic carbocycles. The standard InChI is InChI=1S/C16H21NO/c1-5-18-12(4)16-13-8-6-7-9-15(13)17-10-14(16)11(2)3/h6-12H,5H2,1-4H3. The van der Waals surface area contributed by atoms with E-state index in [0.717, 1.165) is 12.1 Å². The van der Waals surface area contributed by atoms with E-state index in [4.69, 9.17) is 4.74 Å². The monoisotopic (exact) mass is 243 g/mol. The fourth-order valence-corrected chi connectivity index (χ4v) is 2.43. The lowest BCUT2D eigenvalue weighted by Crippen LogP contribution is -2.06. The molecule has 1 heterocycles. The van der Waals surface area contributed by atoms with E-state index in [1.165, 1.54) is 16.5 Å². The number of aromatic nitrogens is 1. The van der Waals surface area contributed by atoms with Gasteiger partial charge in [0.25, 0.3) is 0 Å². The Morgan fingerprint density at radius 3 is 2.56 bits per heavy atom. The lowest BCUT2D eigenvalue weighted by atomic mass is 9.93. The SMILES string of the molecule is CCOC(C)c1c(C(C)C)cnc2ccccc12. The van der Waals surface area contributed by atoms with E-state index < -0.39 is 0 Å². The third-order valence-electron chi connectivity index (χ3n) is 3.29. The molecule has 0 radical (unpaired) electrons. The van der Waals surface area contributed by atoms with E-state index in [9.17, 15) is 0 Å². The van der Waals surface area contributed by atoms with Gasteiger partial charge in [-0.15, -0.1) is 0 Å². The summed E-state index contributed by atoms with van der Waals surface area (Å²) in [4.78, 5) is 4.55. The van der Waals surface area contributed by atoms with Gasteiger partial charge in [0.2, 0.25) is 0 Å². The minimum Gasteiger partial charge on any atom is -0.374 e. The molecule has 2 rings (SSSR count). The minimum atomic E-state index is 0.111. The van der Waals surface area contributed by atoms with Crippen molar-refractivity contribution >= 4 is 10.9 Å². The van der Waals surface area contributed by atoms with Gasteiger partial charge in [-0.2, -0.15) is 0 Å². The van der Waals surface area contributed by atoms with Crippen LogP contribution in [-0.4, -0.2) is 11.6 Å². The molecular formula is C16H21NO. The van der Waals surface area contributed by atoms with Crippen molar-refractivity contribution in [2.75, 3.05) is 6.61 Å². The summed E-state index contributed by atoms with van der Waals surface area (Å²) in [6, 6.07) is 8.29. The van der Waals surface area contributed by atoms with E-state index in [1.807, 2.05) is 19.2 Å². The number of hydrogen-bond acceptors (Lipinski definition) is 2. The normalized spacial score (nSPS) is 13.2. The number of fused-ring (bicyclic) bond motifs is 1. The van der Waals surface area contributed by atoms with Crippen molar-refractivity contribution in [3.63, 3.8) is 0 Å². The molecule has 2 heteroatoms. The molecule has 0 saturated heterocycles. The lowest BCUT2D eigenvalue weighted by Gasteiger charge is -2.20. The van der Waals surface area contributed by atoms with Gasteiger partial charge < -0.3 is 4.74 Å². The van der Waals surface area contributed by atoms with E-state index in [0.29, 0.717) is 5.92 Å². The van der Waals surface area contributed by atoms with Crippen molar-refractivity contribution in [2.45, 2.75) is 39.7 Å². The summed E-state index contributed by atoms with van der Waals surface area (Å²) in [5.41, 5.74) is 3.62. The van der Waals surface area contributed by atoms with Crippen LogP contribution in [0.15, 0.2) is 30.5 Å². The highest BCUT2D eigenvalue weighted by Gasteiger charge is 2.17. The van der Waals surface area contributed by atoms with E-state index >= 15 is 0 Å². The number of hydrogen-bond donors (Lipinski definition) is 0. The summed E-state index contributed by atoms with van der Waals surface area (Å²) in [7, 11) is 0. The molecule has 1 unspecified atom stereocenters. The molecule has 0 N–H and O–H groups in total. The summed E-state index contributed by atoms with van der Waals surface area (Å²) < 4.78 is 5.80. The molecule has 2 aromatic rings. The van der Waals surface area contributed by atoms with Gasteiger partial charge in [0, 0.05) is 18.2 Å². The lowest BCUT2D eigenvalue weighted by molar-refractivity contribution is 0.0766. The van der Waals surface area contributed by atoms with Crippen molar-refractivity contribution in [3.8, 4) is 0 Å². The maximum absolute atomic E-state index is 5.80. The van der Waals surface area contributed by atoms with Crippen LogP contribution in [0, 0.1) is 0 Å². The second-order valence-electron chi connectivity index (χ2n) is 4.90. The van der Waals surface area contributed by atoms with Crippen LogP contribution in [0.2, 0.25) is 0 Å². The predicted octanol–water partition coefficient (Wildman–Crippen LogP) is 4.46. The molecule has 1 atom stereocenters. The van der Waals surface area contributed by atoms with Crippen LogP contribution >= 0.6 is 0 Å². The first-order chi connectivity index (χ1) is 8.65. The topological polar surface area (TPSA) is 22.1 Å². The zero-order valence-corrected chi connectivity index (χ0v) is 11.6. The number of benzene rings is 1. The molecule has 1 aromatic carbocycles. The second kappa shape index (κ2) is 5.49. The number of ether oxygens (including phenoxy) is 1. The van der Waals surface area contributed by atoms with E-state index in [2.05, 4.69) is 44.0 Å². The third-order valence-corrected chi connectivity index (χ3v) is 3.29. The van der Waals surface area contributed by atoms with Gasteiger partial charge in [-0.25, -0.2) is 0 Å². The smallest absolute Gasteiger partial charge is 0.0806 e. The number of para-hydroxylation sites is 1. The third kappa shape index (κ3) is 2.39. The summed E-state index contributed by atoms with van der Waals surface area (Å²) in [6.07, 6.45) is 2.11. The van der Waals surface area contributed by atoms with Crippen LogP contribution in [0.25, 0.3) is 10.9 Å². The van der Waals surface area contributed by atoms with Crippen LogP contribution in [0.4, 0.5) is 0 Å². The summed E-state index contributed by atoms with van der Waals surface area (Å²) in [5, 5.41) is 1.21. The zero-order chi connectivity index (χ0) is 13.1. The molecule has 96 valence electrons. The highest BCUT2D eigenvalue weighted by atomic mass is 16.5. The van der Waals surface area contributed by atoms with E-state index in [1.54, 1.807) is 0 Å². The average Bonchev–Trinajstić information content (AvgIpc) is 2.37. The Bertz CT molecular complexity index is 534. The number of pyridine rings is 1. The maximum Gasteiger partial charge on any atom is 0.0806 e. The Morgan fingerprint density at radius 2 is 1.89 bits per heavy atom. The fourth-order valence-electron chi connectivity index (χ4n) is 2.43. The molecule has 18 heavy (non-hydrogen) atoms. The van der Waals surface area contributed by atoms with Gasteiger partial charge in [-0.1, -0.05) is 32.0 Å². The number of rotatable bonds is 4. The van der Waals surface area contributed by atoms with Gasteiger partial charge in [0.05, 0.1) is 11.6 Å². The van der Waals surface area contributed by atoms with Crippen molar-refractivity contribution in [2.24, 2.45) is 0 Å². The van der Waals surface area contributed by atoms with Crippen molar-refractivity contribution in [1.82, 2.24) is 4.98 Å². The van der Waals surface area contributed by atoms with Crippen LogP contribution in [0.3, 0.4) is 0 Å². The minimum absolute atomic E-state index is 0.111. The molecule has 1 aromatic heterocycles. The molecule has 0 amide bonds. The summed E-state index contributed by atoms with van der Waals surface area (Å²) in [6.45, 7) is 9.29. The van der Waals surface area contributed by atoms with Crippen LogP contribution < -0.4 is 0 Å². The quantitative estimate of drug-likeness (QED) is 0.791. The first-order valence-electron chi connectivity index (χ1n) is 6.64. The van der Waals surface area contributed by atoms with Crippen LogP contribution in [-0.2, 0) is 4.74 Å². The van der Waals surface area contributed by atoms with Crippen molar-refractivity contribution in [1.29, 1.82) is 0 Å². The molecule has 0 aliphatic rings. The predicted molar refractivity (Wildman–Crippen MR) is 75.9 cm³/mol. The average molecular weight is 243 g/mol. The fraction of sp³-hybridized carbons (Fsp3) is 0.438. The maximum atomic E-state index is 5.80. The first kappa shape index (κ1) is 13.0. The molecule has 0 bridgehead atoms. The molecule has 0 saturated carbocycles. The zero-order valence-electron chi connectivity index (χ0n) is 11.6. The molecule has 0 fully saturated rings. The Kier molecular flexibility index (Phi) is 3.97. The molecular weight excluding hydrogens is 222 g/mol. The van der Waals surface area contributed by atoms with Crippen molar-refractivity contribution in [3.05, 3.63) is 41.6 Å². The second-order valence-corrected chi connectivity index (χ2v) is 4.90. The molecule has 0 spiro atoms. The van der Waals surface area contributed by atoms with Gasteiger partial charge in [-0.3, -0.25) is 4.98 Å². The molecule has 0 aliphatic heterocycles. The highest BCUT2D eigenvalue weighted by Crippen LogP contribution is 2.32. The summed E-state index contributed by atoms with van der Waals surface area (Å²) >= 11 is 0. The molecule has 2 nitrogen and oxygen atoms in total. The van der Waals surface area contributed by atoms with Gasteiger partial charge in [0.15, 0.2) is 0 Å². The number of nitrogens with zero attached hydrogens (tertiary/aromatic N) is 1. The van der Waals surface area contributed by atoms with Crippen LogP contribution in [0.1, 0.15) is 50.8 Å². The Balaban J connectivity index is 2.66. The first-order valence-corrected chi connectivity index (χ1v) is 6.64.